The number of anilines is 1. The molecular weight excluding hydrogens is 352 g/mol. The van der Waals surface area contributed by atoms with Crippen LogP contribution in [0.4, 0.5) is 5.82 Å². The van der Waals surface area contributed by atoms with E-state index in [4.69, 9.17) is 9.47 Å². The molecule has 1 aliphatic carbocycles. The van der Waals surface area contributed by atoms with E-state index < -0.39 is 5.41 Å². The zero-order valence-electron chi connectivity index (χ0n) is 15.6. The van der Waals surface area contributed by atoms with Crippen LogP contribution < -0.4 is 14.8 Å². The maximum absolute atomic E-state index is 13.1. The van der Waals surface area contributed by atoms with Gasteiger partial charge in [-0.05, 0) is 55.2 Å². The zero-order valence-corrected chi connectivity index (χ0v) is 15.6. The Morgan fingerprint density at radius 1 is 1.00 bits per heavy atom. The molecule has 1 N–H and O–H groups in total. The summed E-state index contributed by atoms with van der Waals surface area (Å²) in [6, 6.07) is 19.6. The molecule has 28 heavy (non-hydrogen) atoms. The molecule has 3 aromatic rings. The van der Waals surface area contributed by atoms with Crippen molar-refractivity contribution in [1.82, 2.24) is 4.98 Å². The smallest absolute Gasteiger partial charge is 0.236 e. The third kappa shape index (κ3) is 2.80. The number of amides is 1. The number of nitrogens with one attached hydrogen (secondary N) is 1. The van der Waals surface area contributed by atoms with Crippen molar-refractivity contribution in [3.63, 3.8) is 0 Å². The molecule has 0 bridgehead atoms. The van der Waals surface area contributed by atoms with E-state index in [1.165, 1.54) is 0 Å². The molecule has 1 aromatic heterocycles. The molecule has 5 nitrogen and oxygen atoms in total. The first kappa shape index (κ1) is 16.8. The summed E-state index contributed by atoms with van der Waals surface area (Å²) in [7, 11) is 0. The Morgan fingerprint density at radius 2 is 1.82 bits per heavy atom. The Balaban J connectivity index is 1.40. The molecule has 0 unspecified atom stereocenters. The Labute approximate surface area is 163 Å². The average molecular weight is 372 g/mol. The number of rotatable bonds is 4. The van der Waals surface area contributed by atoms with E-state index in [1.54, 1.807) is 0 Å². The molecule has 2 heterocycles. The summed E-state index contributed by atoms with van der Waals surface area (Å²) in [4.78, 5) is 17.7. The predicted molar refractivity (Wildman–Crippen MR) is 107 cm³/mol. The van der Waals surface area contributed by atoms with Crippen LogP contribution in [0.3, 0.4) is 0 Å². The average Bonchev–Trinajstić information content (AvgIpc) is 3.40. The first-order valence-electron chi connectivity index (χ1n) is 9.40. The van der Waals surface area contributed by atoms with E-state index in [-0.39, 0.29) is 12.7 Å². The van der Waals surface area contributed by atoms with Crippen molar-refractivity contribution in [2.24, 2.45) is 0 Å². The SMILES string of the molecule is Cc1ccccc1-c1cccc(NC(=O)C2(c3ccc4c(c3)OCO4)CC2)n1. The number of ether oxygens (including phenoxy) is 2. The van der Waals surface area contributed by atoms with Crippen molar-refractivity contribution in [2.45, 2.75) is 25.2 Å². The molecule has 1 saturated carbocycles. The predicted octanol–water partition coefficient (Wildman–Crippen LogP) is 4.46. The Bertz CT molecular complexity index is 1070. The fraction of sp³-hybridized carbons (Fsp3) is 0.217. The minimum absolute atomic E-state index is 0.0270. The van der Waals surface area contributed by atoms with E-state index in [0.29, 0.717) is 11.6 Å². The summed E-state index contributed by atoms with van der Waals surface area (Å²) in [5.74, 6) is 1.97. The summed E-state index contributed by atoms with van der Waals surface area (Å²) < 4.78 is 10.8. The lowest BCUT2D eigenvalue weighted by Crippen LogP contribution is -2.28. The maximum Gasteiger partial charge on any atom is 0.236 e. The fourth-order valence-electron chi connectivity index (χ4n) is 3.72. The van der Waals surface area contributed by atoms with Crippen molar-refractivity contribution in [3.05, 3.63) is 71.8 Å². The highest BCUT2D eigenvalue weighted by Crippen LogP contribution is 2.51. The molecule has 0 radical (unpaired) electrons. The lowest BCUT2D eigenvalue weighted by molar-refractivity contribution is -0.118. The van der Waals surface area contributed by atoms with Gasteiger partial charge in [0.1, 0.15) is 5.82 Å². The van der Waals surface area contributed by atoms with Gasteiger partial charge < -0.3 is 14.8 Å². The number of hydrogen-bond acceptors (Lipinski definition) is 4. The second-order valence-electron chi connectivity index (χ2n) is 7.33. The number of carbonyl (C=O) groups is 1. The van der Waals surface area contributed by atoms with Gasteiger partial charge >= 0.3 is 0 Å². The largest absolute Gasteiger partial charge is 0.454 e. The van der Waals surface area contributed by atoms with Gasteiger partial charge in [-0.1, -0.05) is 36.4 Å². The molecule has 2 aliphatic rings. The molecule has 0 spiro atoms. The minimum Gasteiger partial charge on any atom is -0.454 e. The van der Waals surface area contributed by atoms with Crippen LogP contribution in [0.15, 0.2) is 60.7 Å². The number of nitrogens with zero attached hydrogens (tertiary/aromatic N) is 1. The van der Waals surface area contributed by atoms with Gasteiger partial charge in [0.15, 0.2) is 11.5 Å². The Kier molecular flexibility index (Phi) is 3.83. The lowest BCUT2D eigenvalue weighted by Gasteiger charge is -2.16. The van der Waals surface area contributed by atoms with Crippen LogP contribution in [0.2, 0.25) is 0 Å². The Morgan fingerprint density at radius 3 is 2.64 bits per heavy atom. The zero-order chi connectivity index (χ0) is 19.1. The van der Waals surface area contributed by atoms with Crippen molar-refractivity contribution in [2.75, 3.05) is 12.1 Å². The molecule has 1 fully saturated rings. The summed E-state index contributed by atoms with van der Waals surface area (Å²) >= 11 is 0. The molecule has 0 atom stereocenters. The van der Waals surface area contributed by atoms with E-state index >= 15 is 0 Å². The van der Waals surface area contributed by atoms with Gasteiger partial charge in [0, 0.05) is 5.56 Å². The van der Waals surface area contributed by atoms with Gasteiger partial charge in [0.05, 0.1) is 11.1 Å². The quantitative estimate of drug-likeness (QED) is 0.735. The number of aryl methyl sites for hydroxylation is 1. The van der Waals surface area contributed by atoms with Gasteiger partial charge in [0.2, 0.25) is 12.7 Å². The van der Waals surface area contributed by atoms with E-state index in [9.17, 15) is 4.79 Å². The van der Waals surface area contributed by atoms with Crippen molar-refractivity contribution >= 4 is 11.7 Å². The van der Waals surface area contributed by atoms with E-state index in [2.05, 4.69) is 23.3 Å². The molecule has 2 aromatic carbocycles. The lowest BCUT2D eigenvalue weighted by atomic mass is 9.94. The number of hydrogen-bond donors (Lipinski definition) is 1. The number of carbonyl (C=O) groups excluding carboxylic acids is 1. The van der Waals surface area contributed by atoms with Gasteiger partial charge in [-0.15, -0.1) is 0 Å². The van der Waals surface area contributed by atoms with Crippen molar-refractivity contribution < 1.29 is 14.3 Å². The number of aromatic nitrogens is 1. The van der Waals surface area contributed by atoms with Crippen molar-refractivity contribution in [3.8, 4) is 22.8 Å². The normalized spacial score (nSPS) is 15.9. The topological polar surface area (TPSA) is 60.5 Å². The monoisotopic (exact) mass is 372 g/mol. The van der Waals surface area contributed by atoms with Crippen molar-refractivity contribution in [1.29, 1.82) is 0 Å². The summed E-state index contributed by atoms with van der Waals surface area (Å²) in [5, 5.41) is 3.02. The number of fused-ring (bicyclic) bond motifs is 1. The van der Waals surface area contributed by atoms with Crippen LogP contribution in [0.25, 0.3) is 11.3 Å². The third-order valence-electron chi connectivity index (χ3n) is 5.52. The minimum atomic E-state index is -0.513. The highest BCUT2D eigenvalue weighted by Gasteiger charge is 2.51. The van der Waals surface area contributed by atoms with E-state index in [0.717, 1.165) is 41.0 Å². The molecule has 140 valence electrons. The molecular formula is C23H20N2O3. The molecule has 5 rings (SSSR count). The van der Waals surface area contributed by atoms with Crippen LogP contribution in [-0.2, 0) is 10.2 Å². The fourth-order valence-corrected chi connectivity index (χ4v) is 3.72. The third-order valence-corrected chi connectivity index (χ3v) is 5.52. The molecule has 5 heteroatoms. The molecule has 0 saturated heterocycles. The Hall–Kier alpha value is -3.34. The maximum atomic E-state index is 13.1. The summed E-state index contributed by atoms with van der Waals surface area (Å²) in [5.41, 5.74) is 3.52. The highest BCUT2D eigenvalue weighted by molar-refractivity contribution is 6.01. The first-order chi connectivity index (χ1) is 13.7. The molecule has 1 amide bonds. The second-order valence-corrected chi connectivity index (χ2v) is 7.33. The molecule has 1 aliphatic heterocycles. The first-order valence-corrected chi connectivity index (χ1v) is 9.40. The van der Waals surface area contributed by atoms with Crippen LogP contribution in [0.1, 0.15) is 24.0 Å². The highest BCUT2D eigenvalue weighted by atomic mass is 16.7. The van der Waals surface area contributed by atoms with Gasteiger partial charge in [-0.3, -0.25) is 4.79 Å². The van der Waals surface area contributed by atoms with Gasteiger partial charge in [-0.2, -0.15) is 0 Å². The van der Waals surface area contributed by atoms with Crippen LogP contribution >= 0.6 is 0 Å². The number of benzene rings is 2. The summed E-state index contributed by atoms with van der Waals surface area (Å²) in [6.07, 6.45) is 1.63. The summed E-state index contributed by atoms with van der Waals surface area (Å²) in [6.45, 7) is 2.29. The second kappa shape index (κ2) is 6.37. The van der Waals surface area contributed by atoms with Gasteiger partial charge in [0.25, 0.3) is 0 Å². The number of pyridine rings is 1. The van der Waals surface area contributed by atoms with E-state index in [1.807, 2.05) is 54.6 Å². The van der Waals surface area contributed by atoms with Crippen LogP contribution in [-0.4, -0.2) is 17.7 Å². The van der Waals surface area contributed by atoms with Gasteiger partial charge in [-0.25, -0.2) is 4.98 Å². The van der Waals surface area contributed by atoms with Crippen LogP contribution in [0, 0.1) is 6.92 Å². The standard InChI is InChI=1S/C23H20N2O3/c1-15-5-2-3-6-17(15)18-7-4-8-21(24-18)25-22(26)23(11-12-23)16-9-10-19-20(13-16)28-14-27-19/h2-10,13H,11-12,14H2,1H3,(H,24,25,26). The van der Waals surface area contributed by atoms with Crippen LogP contribution in [0.5, 0.6) is 11.5 Å².